The Morgan fingerprint density at radius 1 is 1.26 bits per heavy atom. The minimum Gasteiger partial charge on any atom is -0.332 e. The van der Waals surface area contributed by atoms with Crippen molar-refractivity contribution < 1.29 is 9.18 Å². The SMILES string of the molecule is CN(C)Cc1nn(C)c2c1CN(C(=O)Cc1ccc(F)cc1)C2. The molecule has 0 bridgehead atoms. The van der Waals surface area contributed by atoms with E-state index in [2.05, 4.69) is 10.00 Å². The quantitative estimate of drug-likeness (QED) is 0.862. The smallest absolute Gasteiger partial charge is 0.227 e. The number of aryl methyl sites for hydroxylation is 1. The Balaban J connectivity index is 1.71. The maximum absolute atomic E-state index is 12.9. The van der Waals surface area contributed by atoms with Gasteiger partial charge < -0.3 is 9.80 Å². The number of rotatable bonds is 4. The number of hydrogen-bond acceptors (Lipinski definition) is 3. The molecule has 1 aliphatic heterocycles. The second kappa shape index (κ2) is 6.12. The maximum atomic E-state index is 12.9. The maximum Gasteiger partial charge on any atom is 0.227 e. The predicted molar refractivity (Wildman–Crippen MR) is 85.0 cm³/mol. The summed E-state index contributed by atoms with van der Waals surface area (Å²) in [5.41, 5.74) is 4.13. The largest absolute Gasteiger partial charge is 0.332 e. The lowest BCUT2D eigenvalue weighted by Gasteiger charge is -2.17. The van der Waals surface area contributed by atoms with Gasteiger partial charge in [0, 0.05) is 25.7 Å². The summed E-state index contributed by atoms with van der Waals surface area (Å²) in [5, 5.41) is 4.56. The number of fused-ring (bicyclic) bond motifs is 1. The van der Waals surface area contributed by atoms with Crippen LogP contribution in [0.5, 0.6) is 0 Å². The highest BCUT2D eigenvalue weighted by molar-refractivity contribution is 5.79. The fourth-order valence-electron chi connectivity index (χ4n) is 2.96. The molecule has 1 aromatic heterocycles. The third kappa shape index (κ3) is 3.27. The van der Waals surface area contributed by atoms with E-state index in [0.717, 1.165) is 29.1 Å². The fourth-order valence-corrected chi connectivity index (χ4v) is 2.96. The highest BCUT2D eigenvalue weighted by atomic mass is 19.1. The number of aromatic nitrogens is 2. The molecule has 0 atom stereocenters. The summed E-state index contributed by atoms with van der Waals surface area (Å²) in [6.07, 6.45) is 0.296. The predicted octanol–water partition coefficient (Wildman–Crippen LogP) is 1.71. The van der Waals surface area contributed by atoms with Crippen LogP contribution < -0.4 is 0 Å². The number of amides is 1. The molecule has 6 heteroatoms. The summed E-state index contributed by atoms with van der Waals surface area (Å²) >= 11 is 0. The van der Waals surface area contributed by atoms with Gasteiger partial charge in [-0.05, 0) is 31.8 Å². The first-order chi connectivity index (χ1) is 10.9. The Hall–Kier alpha value is -2.21. The fraction of sp³-hybridized carbons (Fsp3) is 0.412. The average molecular weight is 316 g/mol. The molecule has 0 aliphatic carbocycles. The van der Waals surface area contributed by atoms with E-state index in [1.807, 2.05) is 30.7 Å². The number of hydrogen-bond donors (Lipinski definition) is 0. The Morgan fingerprint density at radius 2 is 1.96 bits per heavy atom. The highest BCUT2D eigenvalue weighted by Gasteiger charge is 2.29. The molecule has 122 valence electrons. The Labute approximate surface area is 135 Å². The van der Waals surface area contributed by atoms with E-state index >= 15 is 0 Å². The summed E-state index contributed by atoms with van der Waals surface area (Å²) < 4.78 is 14.8. The van der Waals surface area contributed by atoms with E-state index in [9.17, 15) is 9.18 Å². The van der Waals surface area contributed by atoms with Gasteiger partial charge in [0.15, 0.2) is 0 Å². The van der Waals surface area contributed by atoms with Gasteiger partial charge in [-0.25, -0.2) is 4.39 Å². The summed E-state index contributed by atoms with van der Waals surface area (Å²) in [6.45, 7) is 1.96. The van der Waals surface area contributed by atoms with Crippen molar-refractivity contribution in [1.82, 2.24) is 19.6 Å². The van der Waals surface area contributed by atoms with E-state index in [1.165, 1.54) is 12.1 Å². The molecule has 0 unspecified atom stereocenters. The summed E-state index contributed by atoms with van der Waals surface area (Å²) in [6, 6.07) is 6.10. The molecule has 3 rings (SSSR count). The molecule has 2 aromatic rings. The molecule has 1 aliphatic rings. The first-order valence-corrected chi connectivity index (χ1v) is 7.64. The molecule has 23 heavy (non-hydrogen) atoms. The first kappa shape index (κ1) is 15.7. The van der Waals surface area contributed by atoms with Crippen LogP contribution in [0.4, 0.5) is 4.39 Å². The van der Waals surface area contributed by atoms with Crippen molar-refractivity contribution in [2.24, 2.45) is 7.05 Å². The van der Waals surface area contributed by atoms with Gasteiger partial charge in [-0.15, -0.1) is 0 Å². The van der Waals surface area contributed by atoms with Crippen LogP contribution in [0.2, 0.25) is 0 Å². The molecule has 1 amide bonds. The molecule has 0 spiro atoms. The normalized spacial score (nSPS) is 13.7. The van der Waals surface area contributed by atoms with Crippen molar-refractivity contribution in [2.75, 3.05) is 14.1 Å². The zero-order valence-electron chi connectivity index (χ0n) is 13.7. The molecule has 0 N–H and O–H groups in total. The van der Waals surface area contributed by atoms with Crippen LogP contribution >= 0.6 is 0 Å². The van der Waals surface area contributed by atoms with Crippen molar-refractivity contribution in [3.8, 4) is 0 Å². The van der Waals surface area contributed by atoms with Gasteiger partial charge in [-0.3, -0.25) is 9.48 Å². The average Bonchev–Trinajstić information content (AvgIpc) is 3.03. The Morgan fingerprint density at radius 3 is 2.61 bits per heavy atom. The van der Waals surface area contributed by atoms with Crippen LogP contribution in [0.25, 0.3) is 0 Å². The number of benzene rings is 1. The molecule has 0 saturated carbocycles. The number of carbonyl (C=O) groups excluding carboxylic acids is 1. The van der Waals surface area contributed by atoms with Gasteiger partial charge in [0.05, 0.1) is 24.4 Å². The summed E-state index contributed by atoms with van der Waals surface area (Å²) in [5.74, 6) is -0.224. The lowest BCUT2D eigenvalue weighted by atomic mass is 10.1. The molecule has 0 radical (unpaired) electrons. The zero-order valence-corrected chi connectivity index (χ0v) is 13.7. The minimum atomic E-state index is -0.283. The van der Waals surface area contributed by atoms with E-state index < -0.39 is 0 Å². The first-order valence-electron chi connectivity index (χ1n) is 7.64. The van der Waals surface area contributed by atoms with Crippen LogP contribution in [0.15, 0.2) is 24.3 Å². The topological polar surface area (TPSA) is 41.4 Å². The van der Waals surface area contributed by atoms with Gasteiger partial charge in [0.2, 0.25) is 5.91 Å². The molecular weight excluding hydrogens is 295 g/mol. The number of carbonyl (C=O) groups is 1. The van der Waals surface area contributed by atoms with Gasteiger partial charge >= 0.3 is 0 Å². The minimum absolute atomic E-state index is 0.0589. The van der Waals surface area contributed by atoms with Crippen LogP contribution in [0.1, 0.15) is 22.5 Å². The Kier molecular flexibility index (Phi) is 4.17. The van der Waals surface area contributed by atoms with Gasteiger partial charge in [0.25, 0.3) is 0 Å². The van der Waals surface area contributed by atoms with Crippen LogP contribution in [-0.4, -0.2) is 39.6 Å². The van der Waals surface area contributed by atoms with Crippen molar-refractivity contribution >= 4 is 5.91 Å². The third-order valence-corrected chi connectivity index (χ3v) is 4.13. The van der Waals surface area contributed by atoms with Crippen molar-refractivity contribution in [3.63, 3.8) is 0 Å². The van der Waals surface area contributed by atoms with Crippen LogP contribution in [0.3, 0.4) is 0 Å². The molecule has 5 nitrogen and oxygen atoms in total. The lowest BCUT2D eigenvalue weighted by Crippen LogP contribution is -2.28. The number of halogens is 1. The molecule has 0 fully saturated rings. The van der Waals surface area contributed by atoms with Gasteiger partial charge in [-0.1, -0.05) is 12.1 Å². The van der Waals surface area contributed by atoms with Crippen molar-refractivity contribution in [1.29, 1.82) is 0 Å². The second-order valence-electron chi connectivity index (χ2n) is 6.29. The summed E-state index contributed by atoms with van der Waals surface area (Å²) in [4.78, 5) is 16.4. The molecule has 2 heterocycles. The molecule has 1 aromatic carbocycles. The van der Waals surface area contributed by atoms with Crippen molar-refractivity contribution in [3.05, 3.63) is 52.6 Å². The van der Waals surface area contributed by atoms with E-state index in [1.54, 1.807) is 12.1 Å². The summed E-state index contributed by atoms with van der Waals surface area (Å²) in [7, 11) is 5.94. The third-order valence-electron chi connectivity index (χ3n) is 4.13. The van der Waals surface area contributed by atoms with E-state index in [-0.39, 0.29) is 11.7 Å². The van der Waals surface area contributed by atoms with Gasteiger partial charge in [-0.2, -0.15) is 5.10 Å². The van der Waals surface area contributed by atoms with Crippen LogP contribution in [-0.2, 0) is 37.9 Å². The lowest BCUT2D eigenvalue weighted by molar-refractivity contribution is -0.131. The monoisotopic (exact) mass is 316 g/mol. The van der Waals surface area contributed by atoms with Gasteiger partial charge in [0.1, 0.15) is 5.82 Å². The molecular formula is C17H21FN4O. The zero-order chi connectivity index (χ0) is 16.6. The van der Waals surface area contributed by atoms with Crippen molar-refractivity contribution in [2.45, 2.75) is 26.1 Å². The number of nitrogens with zero attached hydrogens (tertiary/aromatic N) is 4. The highest BCUT2D eigenvalue weighted by Crippen LogP contribution is 2.26. The van der Waals surface area contributed by atoms with Crippen LogP contribution in [0, 0.1) is 5.82 Å². The second-order valence-corrected chi connectivity index (χ2v) is 6.29. The molecule has 0 saturated heterocycles. The Bertz CT molecular complexity index is 721. The van der Waals surface area contributed by atoms with E-state index in [4.69, 9.17) is 0 Å². The van der Waals surface area contributed by atoms with E-state index in [0.29, 0.717) is 19.5 Å². The standard InChI is InChI=1S/C17H21FN4O/c1-20(2)10-15-14-9-22(11-16(14)21(3)19-15)17(23)8-12-4-6-13(18)7-5-12/h4-7H,8-11H2,1-3H3.